The highest BCUT2D eigenvalue weighted by atomic mass is 16.5. The summed E-state index contributed by atoms with van der Waals surface area (Å²) in [6.07, 6.45) is 1.82. The van der Waals surface area contributed by atoms with Crippen molar-refractivity contribution in [1.29, 1.82) is 0 Å². The predicted molar refractivity (Wildman–Crippen MR) is 112 cm³/mol. The average Bonchev–Trinajstić information content (AvgIpc) is 2.74. The number of nitrogens with two attached hydrogens (primary N) is 1. The Morgan fingerprint density at radius 2 is 2.00 bits per heavy atom. The maximum atomic E-state index is 12.6. The lowest BCUT2D eigenvalue weighted by atomic mass is 9.97. The molecule has 30 heavy (non-hydrogen) atoms. The molecule has 2 aromatic rings. The van der Waals surface area contributed by atoms with Crippen LogP contribution >= 0.6 is 0 Å². The minimum Gasteiger partial charge on any atom is -0.482 e. The maximum absolute atomic E-state index is 12.6. The van der Waals surface area contributed by atoms with Gasteiger partial charge >= 0.3 is 0 Å². The molecular weight excluding hydrogens is 384 g/mol. The van der Waals surface area contributed by atoms with Gasteiger partial charge in [0.2, 0.25) is 5.91 Å². The van der Waals surface area contributed by atoms with Gasteiger partial charge in [0.05, 0.1) is 11.6 Å². The Kier molecular flexibility index (Phi) is 5.67. The van der Waals surface area contributed by atoms with E-state index in [0.29, 0.717) is 29.2 Å². The number of rotatable bonds is 5. The zero-order valence-electron chi connectivity index (χ0n) is 16.5. The molecule has 2 heterocycles. The number of piperidine rings is 1. The van der Waals surface area contributed by atoms with E-state index in [1.165, 1.54) is 0 Å². The van der Waals surface area contributed by atoms with Gasteiger partial charge in [0.15, 0.2) is 6.61 Å². The third kappa shape index (κ3) is 4.60. The predicted octanol–water partition coefficient (Wildman–Crippen LogP) is 1.97. The molecule has 1 unspecified atom stereocenters. The number of nitrogens with zero attached hydrogens (tertiary/aromatic N) is 1. The summed E-state index contributed by atoms with van der Waals surface area (Å²) >= 11 is 0. The normalized spacial score (nSPS) is 18.7. The summed E-state index contributed by atoms with van der Waals surface area (Å²) < 4.78 is 5.31. The maximum Gasteiger partial charge on any atom is 0.262 e. The Morgan fingerprint density at radius 1 is 1.20 bits per heavy atom. The van der Waals surface area contributed by atoms with Crippen molar-refractivity contribution in [2.45, 2.75) is 19.4 Å². The van der Waals surface area contributed by atoms with Crippen molar-refractivity contribution in [3.8, 4) is 5.75 Å². The lowest BCUT2D eigenvalue weighted by Crippen LogP contribution is -2.40. The van der Waals surface area contributed by atoms with Gasteiger partial charge in [0, 0.05) is 24.3 Å². The quantitative estimate of drug-likeness (QED) is 0.700. The van der Waals surface area contributed by atoms with Crippen molar-refractivity contribution < 1.29 is 19.1 Å². The van der Waals surface area contributed by atoms with Gasteiger partial charge < -0.3 is 21.1 Å². The molecule has 2 aromatic carbocycles. The first-order valence-corrected chi connectivity index (χ1v) is 9.96. The monoisotopic (exact) mass is 408 g/mol. The first-order chi connectivity index (χ1) is 14.5. The summed E-state index contributed by atoms with van der Waals surface area (Å²) in [4.78, 5) is 37.7. The molecule has 2 aliphatic rings. The SMILES string of the molecule is NC(=O)C1CCCN(Cc2ccc(NC(=O)c3ccc4c(c3)NC(=O)CO4)cc2)C1. The molecule has 1 fully saturated rings. The van der Waals surface area contributed by atoms with Crippen LogP contribution in [-0.4, -0.2) is 42.3 Å². The van der Waals surface area contributed by atoms with Crippen molar-refractivity contribution in [2.75, 3.05) is 30.3 Å². The number of ether oxygens (including phenoxy) is 1. The van der Waals surface area contributed by atoms with Gasteiger partial charge in [-0.2, -0.15) is 0 Å². The zero-order valence-corrected chi connectivity index (χ0v) is 16.5. The highest BCUT2D eigenvalue weighted by Crippen LogP contribution is 2.28. The molecular formula is C22H24N4O4. The second-order valence-electron chi connectivity index (χ2n) is 7.68. The number of amides is 3. The van der Waals surface area contributed by atoms with Gasteiger partial charge in [0.25, 0.3) is 11.8 Å². The number of primary amides is 1. The summed E-state index contributed by atoms with van der Waals surface area (Å²) in [5.74, 6) is -0.279. The number of benzene rings is 2. The van der Waals surface area contributed by atoms with Crippen molar-refractivity contribution in [1.82, 2.24) is 4.90 Å². The molecule has 156 valence electrons. The van der Waals surface area contributed by atoms with Gasteiger partial charge in [0.1, 0.15) is 5.75 Å². The number of carbonyl (C=O) groups is 3. The van der Waals surface area contributed by atoms with E-state index in [4.69, 9.17) is 10.5 Å². The summed E-state index contributed by atoms with van der Waals surface area (Å²) in [7, 11) is 0. The lowest BCUT2D eigenvalue weighted by Gasteiger charge is -2.31. The fourth-order valence-corrected chi connectivity index (χ4v) is 3.81. The molecule has 0 aliphatic carbocycles. The molecule has 0 bridgehead atoms. The van der Waals surface area contributed by atoms with E-state index in [2.05, 4.69) is 15.5 Å². The fourth-order valence-electron chi connectivity index (χ4n) is 3.81. The number of hydrogen-bond donors (Lipinski definition) is 3. The smallest absolute Gasteiger partial charge is 0.262 e. The van der Waals surface area contributed by atoms with Crippen molar-refractivity contribution in [3.63, 3.8) is 0 Å². The second-order valence-corrected chi connectivity index (χ2v) is 7.68. The number of nitrogens with one attached hydrogen (secondary N) is 2. The third-order valence-electron chi connectivity index (χ3n) is 5.40. The Balaban J connectivity index is 1.36. The highest BCUT2D eigenvalue weighted by Gasteiger charge is 2.24. The summed E-state index contributed by atoms with van der Waals surface area (Å²) in [5, 5.41) is 5.56. The van der Waals surface area contributed by atoms with Gasteiger partial charge in [-0.3, -0.25) is 19.3 Å². The Hall–Kier alpha value is -3.39. The van der Waals surface area contributed by atoms with E-state index in [1.54, 1.807) is 18.2 Å². The number of likely N-dealkylation sites (tertiary alicyclic amines) is 1. The molecule has 4 N–H and O–H groups in total. The Bertz CT molecular complexity index is 974. The van der Waals surface area contributed by atoms with Gasteiger partial charge in [-0.15, -0.1) is 0 Å². The van der Waals surface area contributed by atoms with Crippen LogP contribution in [0.5, 0.6) is 5.75 Å². The first kappa shape index (κ1) is 19.9. The summed E-state index contributed by atoms with van der Waals surface area (Å²) in [5.41, 5.74) is 8.14. The van der Waals surface area contributed by atoms with Crippen LogP contribution in [0.3, 0.4) is 0 Å². The van der Waals surface area contributed by atoms with Crippen LogP contribution in [0.15, 0.2) is 42.5 Å². The molecule has 4 rings (SSSR count). The van der Waals surface area contributed by atoms with E-state index >= 15 is 0 Å². The summed E-state index contributed by atoms with van der Waals surface area (Å²) in [6.45, 7) is 2.35. The number of anilines is 2. The van der Waals surface area contributed by atoms with Crippen LogP contribution in [0.1, 0.15) is 28.8 Å². The minimum absolute atomic E-state index is 0.0223. The standard InChI is InChI=1S/C22H24N4O4/c23-21(28)16-2-1-9-26(12-16)11-14-3-6-17(7-4-14)24-22(29)15-5-8-19-18(10-15)25-20(27)13-30-19/h3-8,10,16H,1-2,9,11-13H2,(H2,23,28)(H,24,29)(H,25,27). The first-order valence-electron chi connectivity index (χ1n) is 9.96. The van der Waals surface area contributed by atoms with Crippen molar-refractivity contribution in [3.05, 3.63) is 53.6 Å². The summed E-state index contributed by atoms with van der Waals surface area (Å²) in [6, 6.07) is 12.6. The number of carbonyl (C=O) groups excluding carboxylic acids is 3. The molecule has 0 radical (unpaired) electrons. The van der Waals surface area contributed by atoms with E-state index in [-0.39, 0.29) is 30.2 Å². The van der Waals surface area contributed by atoms with Gasteiger partial charge in [-0.1, -0.05) is 12.1 Å². The van der Waals surface area contributed by atoms with E-state index in [0.717, 1.165) is 31.5 Å². The molecule has 2 aliphatic heterocycles. The molecule has 8 nitrogen and oxygen atoms in total. The lowest BCUT2D eigenvalue weighted by molar-refractivity contribution is -0.123. The van der Waals surface area contributed by atoms with Gasteiger partial charge in [-0.25, -0.2) is 0 Å². The molecule has 0 spiro atoms. The van der Waals surface area contributed by atoms with E-state index < -0.39 is 0 Å². The van der Waals surface area contributed by atoms with Crippen LogP contribution < -0.4 is 21.1 Å². The topological polar surface area (TPSA) is 114 Å². The molecule has 0 saturated carbocycles. The fraction of sp³-hybridized carbons (Fsp3) is 0.318. The average molecular weight is 408 g/mol. The van der Waals surface area contributed by atoms with Crippen LogP contribution in [0, 0.1) is 5.92 Å². The molecule has 8 heteroatoms. The highest BCUT2D eigenvalue weighted by molar-refractivity contribution is 6.06. The molecule has 1 saturated heterocycles. The second kappa shape index (κ2) is 8.54. The number of fused-ring (bicyclic) bond motifs is 1. The van der Waals surface area contributed by atoms with E-state index in [1.807, 2.05) is 24.3 Å². The van der Waals surface area contributed by atoms with Crippen molar-refractivity contribution in [2.24, 2.45) is 11.7 Å². The van der Waals surface area contributed by atoms with Crippen LogP contribution in [0.2, 0.25) is 0 Å². The van der Waals surface area contributed by atoms with Gasteiger partial charge in [-0.05, 0) is 55.3 Å². The van der Waals surface area contributed by atoms with Crippen LogP contribution in [-0.2, 0) is 16.1 Å². The molecule has 3 amide bonds. The number of hydrogen-bond acceptors (Lipinski definition) is 5. The minimum atomic E-state index is -0.272. The van der Waals surface area contributed by atoms with Crippen LogP contribution in [0.4, 0.5) is 11.4 Å². The Morgan fingerprint density at radius 3 is 2.77 bits per heavy atom. The zero-order chi connectivity index (χ0) is 21.1. The largest absolute Gasteiger partial charge is 0.482 e. The molecule has 1 atom stereocenters. The van der Waals surface area contributed by atoms with Crippen LogP contribution in [0.25, 0.3) is 0 Å². The Labute approximate surface area is 174 Å². The molecule has 0 aromatic heterocycles. The van der Waals surface area contributed by atoms with E-state index in [9.17, 15) is 14.4 Å². The third-order valence-corrected chi connectivity index (χ3v) is 5.40. The van der Waals surface area contributed by atoms with Crippen molar-refractivity contribution >= 4 is 29.1 Å².